The van der Waals surface area contributed by atoms with Gasteiger partial charge in [-0.25, -0.2) is 15.0 Å². The number of imidazole rings is 3. The summed E-state index contributed by atoms with van der Waals surface area (Å²) >= 11 is 0. The van der Waals surface area contributed by atoms with E-state index < -0.39 is 0 Å². The van der Waals surface area contributed by atoms with Gasteiger partial charge in [-0.3, -0.25) is 4.90 Å². The average molecular weight is 554 g/mol. The Kier molecular flexibility index (Phi) is 10.9. The summed E-state index contributed by atoms with van der Waals surface area (Å²) in [5, 5.41) is 0. The lowest BCUT2D eigenvalue weighted by atomic mass is 10.3. The molecule has 10 heteroatoms. The van der Waals surface area contributed by atoms with Crippen molar-refractivity contribution in [2.75, 3.05) is 72.1 Å². The first kappa shape index (κ1) is 30.4. The van der Waals surface area contributed by atoms with Gasteiger partial charge in [0.15, 0.2) is 11.6 Å². The third-order valence-corrected chi connectivity index (χ3v) is 8.41. The van der Waals surface area contributed by atoms with Crippen molar-refractivity contribution in [3.8, 4) is 23.0 Å². The van der Waals surface area contributed by atoms with Gasteiger partial charge in [0.1, 0.15) is 11.4 Å². The average Bonchev–Trinajstić information content (AvgIpc) is 3.62. The van der Waals surface area contributed by atoms with E-state index in [1.807, 2.05) is 6.33 Å². The minimum atomic E-state index is 0.817. The van der Waals surface area contributed by atoms with E-state index in [4.69, 9.17) is 19.7 Å². The van der Waals surface area contributed by atoms with Crippen molar-refractivity contribution in [1.82, 2.24) is 43.4 Å². The van der Waals surface area contributed by atoms with Gasteiger partial charge in [-0.05, 0) is 47.0 Å². The van der Waals surface area contributed by atoms with E-state index in [1.165, 1.54) is 5.69 Å². The molecular weight excluding hydrogens is 502 g/mol. The lowest BCUT2D eigenvalue weighted by Gasteiger charge is -2.27. The van der Waals surface area contributed by atoms with Crippen molar-refractivity contribution in [2.45, 2.75) is 68.1 Å². The molecule has 0 spiro atoms. The Morgan fingerprint density at radius 3 is 2.08 bits per heavy atom. The first-order valence-corrected chi connectivity index (χ1v) is 15.3. The molecule has 4 rings (SSSR count). The molecule has 0 unspecified atom stereocenters. The zero-order valence-electron chi connectivity index (χ0n) is 26.0. The molecule has 0 N–H and O–H groups in total. The van der Waals surface area contributed by atoms with Crippen LogP contribution in [0.3, 0.4) is 0 Å². The van der Waals surface area contributed by atoms with Gasteiger partial charge in [0.2, 0.25) is 0 Å². The molecule has 3 aromatic heterocycles. The van der Waals surface area contributed by atoms with Crippen LogP contribution < -0.4 is 0 Å². The van der Waals surface area contributed by atoms with Gasteiger partial charge in [-0.1, -0.05) is 27.7 Å². The number of aromatic nitrogens is 6. The fourth-order valence-electron chi connectivity index (χ4n) is 5.69. The molecule has 3 aromatic rings. The van der Waals surface area contributed by atoms with Gasteiger partial charge in [0.25, 0.3) is 0 Å². The van der Waals surface area contributed by atoms with Crippen molar-refractivity contribution < 1.29 is 4.74 Å². The minimum absolute atomic E-state index is 0.817. The summed E-state index contributed by atoms with van der Waals surface area (Å²) < 4.78 is 12.5. The Balaban J connectivity index is 1.69. The second kappa shape index (κ2) is 14.4. The lowest BCUT2D eigenvalue weighted by molar-refractivity contribution is 0.0364. The SMILES string of the molecule is CCN(CC)CCn1cnc(-c2nc(C)c(-c3nc(C)cn3CCN3CCOCC3)n2CCN(CC)CC)c1C. The van der Waals surface area contributed by atoms with Crippen LogP contribution in [0.1, 0.15) is 44.8 Å². The molecule has 0 aliphatic carbocycles. The summed E-state index contributed by atoms with van der Waals surface area (Å²) in [6, 6.07) is 0. The number of aryl methyl sites for hydroxylation is 2. The van der Waals surface area contributed by atoms with Crippen LogP contribution in [0, 0.1) is 20.8 Å². The Hall–Kier alpha value is -2.53. The zero-order chi connectivity index (χ0) is 28.6. The topological polar surface area (TPSA) is 72.4 Å². The van der Waals surface area contributed by atoms with Crippen LogP contribution in [-0.2, 0) is 24.4 Å². The van der Waals surface area contributed by atoms with E-state index in [-0.39, 0.29) is 0 Å². The molecule has 0 saturated carbocycles. The number of ether oxygens (including phenoxy) is 1. The summed E-state index contributed by atoms with van der Waals surface area (Å²) in [7, 11) is 0. The fraction of sp³-hybridized carbons (Fsp3) is 0.700. The van der Waals surface area contributed by atoms with E-state index in [1.54, 1.807) is 0 Å². The summed E-state index contributed by atoms with van der Waals surface area (Å²) in [6.07, 6.45) is 4.17. The van der Waals surface area contributed by atoms with E-state index in [2.05, 4.69) is 83.1 Å². The van der Waals surface area contributed by atoms with E-state index in [9.17, 15) is 0 Å². The monoisotopic (exact) mass is 553 g/mol. The Morgan fingerprint density at radius 2 is 1.43 bits per heavy atom. The van der Waals surface area contributed by atoms with E-state index in [0.717, 1.165) is 126 Å². The van der Waals surface area contributed by atoms with Crippen LogP contribution in [0.4, 0.5) is 0 Å². The lowest BCUT2D eigenvalue weighted by Crippen LogP contribution is -2.38. The highest BCUT2D eigenvalue weighted by Gasteiger charge is 2.25. The predicted molar refractivity (Wildman–Crippen MR) is 162 cm³/mol. The maximum Gasteiger partial charge on any atom is 0.161 e. The number of hydrogen-bond acceptors (Lipinski definition) is 7. The number of rotatable bonds is 15. The summed E-state index contributed by atoms with van der Waals surface area (Å²) in [5.41, 5.74) is 5.28. The molecule has 222 valence electrons. The van der Waals surface area contributed by atoms with Crippen LogP contribution in [0.2, 0.25) is 0 Å². The van der Waals surface area contributed by atoms with Gasteiger partial charge in [0.05, 0.1) is 30.9 Å². The summed E-state index contributed by atoms with van der Waals surface area (Å²) in [5.74, 6) is 1.94. The molecule has 1 aliphatic heterocycles. The maximum atomic E-state index is 5.55. The van der Waals surface area contributed by atoms with Crippen LogP contribution >= 0.6 is 0 Å². The van der Waals surface area contributed by atoms with Crippen molar-refractivity contribution in [2.24, 2.45) is 0 Å². The minimum Gasteiger partial charge on any atom is -0.379 e. The zero-order valence-corrected chi connectivity index (χ0v) is 26.0. The second-order valence-electron chi connectivity index (χ2n) is 10.8. The third-order valence-electron chi connectivity index (χ3n) is 8.41. The summed E-state index contributed by atoms with van der Waals surface area (Å²) in [4.78, 5) is 22.5. The highest BCUT2D eigenvalue weighted by atomic mass is 16.5. The molecule has 0 bridgehead atoms. The smallest absolute Gasteiger partial charge is 0.161 e. The number of morpholine rings is 1. The highest BCUT2D eigenvalue weighted by molar-refractivity contribution is 5.64. The molecule has 0 radical (unpaired) electrons. The molecule has 1 fully saturated rings. The van der Waals surface area contributed by atoms with Crippen LogP contribution in [0.5, 0.6) is 0 Å². The van der Waals surface area contributed by atoms with Crippen molar-refractivity contribution >= 4 is 0 Å². The third kappa shape index (κ3) is 7.02. The Morgan fingerprint density at radius 1 is 0.775 bits per heavy atom. The molecular formula is C30H51N9O. The molecule has 0 atom stereocenters. The van der Waals surface area contributed by atoms with Crippen molar-refractivity contribution in [3.05, 3.63) is 29.6 Å². The van der Waals surface area contributed by atoms with Crippen LogP contribution in [0.15, 0.2) is 12.5 Å². The molecule has 4 heterocycles. The molecule has 40 heavy (non-hydrogen) atoms. The number of likely N-dealkylation sites (N-methyl/N-ethyl adjacent to an activating group) is 2. The molecule has 1 aliphatic rings. The van der Waals surface area contributed by atoms with Gasteiger partial charge in [-0.2, -0.15) is 0 Å². The van der Waals surface area contributed by atoms with Gasteiger partial charge in [-0.15, -0.1) is 0 Å². The first-order chi connectivity index (χ1) is 19.4. The Bertz CT molecular complexity index is 1200. The van der Waals surface area contributed by atoms with Gasteiger partial charge >= 0.3 is 0 Å². The number of nitrogens with zero attached hydrogens (tertiary/aromatic N) is 9. The van der Waals surface area contributed by atoms with Crippen molar-refractivity contribution in [3.63, 3.8) is 0 Å². The van der Waals surface area contributed by atoms with Crippen LogP contribution in [0.25, 0.3) is 23.0 Å². The summed E-state index contributed by atoms with van der Waals surface area (Å²) in [6.45, 7) is 28.7. The van der Waals surface area contributed by atoms with Gasteiger partial charge < -0.3 is 28.2 Å². The van der Waals surface area contributed by atoms with Crippen LogP contribution in [-0.4, -0.2) is 115 Å². The maximum absolute atomic E-state index is 5.55. The molecule has 1 saturated heterocycles. The van der Waals surface area contributed by atoms with Gasteiger partial charge in [0, 0.05) is 64.2 Å². The molecule has 0 amide bonds. The normalized spacial score (nSPS) is 14.7. The largest absolute Gasteiger partial charge is 0.379 e. The van der Waals surface area contributed by atoms with E-state index >= 15 is 0 Å². The Labute approximate surface area is 241 Å². The van der Waals surface area contributed by atoms with E-state index in [0.29, 0.717) is 0 Å². The molecule has 10 nitrogen and oxygen atoms in total. The fourth-order valence-corrected chi connectivity index (χ4v) is 5.69. The van der Waals surface area contributed by atoms with Crippen molar-refractivity contribution in [1.29, 1.82) is 0 Å². The highest BCUT2D eigenvalue weighted by Crippen LogP contribution is 2.31. The quantitative estimate of drug-likeness (QED) is 0.285. The first-order valence-electron chi connectivity index (χ1n) is 15.3. The number of hydrogen-bond donors (Lipinski definition) is 0. The molecule has 0 aromatic carbocycles. The second-order valence-corrected chi connectivity index (χ2v) is 10.8. The predicted octanol–water partition coefficient (Wildman–Crippen LogP) is 3.55. The standard InChI is InChI=1S/C30H51N9O/c1-8-34(9-2)12-16-38-23-31-27(26(38)7)29-33-25(6)28(39(29)17-14-35(10-3)11-4)30-32-24(5)22-37(30)15-13-36-18-20-40-21-19-36/h22-23H,8-21H2,1-7H3.